The van der Waals surface area contributed by atoms with Gasteiger partial charge in [0.1, 0.15) is 18.0 Å². The zero-order valence-corrected chi connectivity index (χ0v) is 23.7. The van der Waals surface area contributed by atoms with Gasteiger partial charge >= 0.3 is 0 Å². The van der Waals surface area contributed by atoms with Crippen molar-refractivity contribution in [1.29, 1.82) is 0 Å². The molecule has 40 heavy (non-hydrogen) atoms. The molecule has 1 aromatic carbocycles. The Morgan fingerprint density at radius 2 is 1.90 bits per heavy atom. The number of rotatable bonds is 15. The van der Waals surface area contributed by atoms with Gasteiger partial charge in [-0.05, 0) is 57.4 Å². The number of ether oxygens (including phenoxy) is 3. The van der Waals surface area contributed by atoms with Gasteiger partial charge in [-0.3, -0.25) is 9.59 Å². The summed E-state index contributed by atoms with van der Waals surface area (Å²) in [4.78, 5) is 39.8. The SMILES string of the molecule is COc1cc(CO)cc2c1O[C@@H]1[C@@H](O)[C@H](N(CCCOC(C)C)C(=O)CCCC(C)=O)C=C(C(=O)NCCO)[C@H]21. The first kappa shape index (κ1) is 31.5. The average Bonchev–Trinajstić information content (AvgIpc) is 3.31. The van der Waals surface area contributed by atoms with Crippen molar-refractivity contribution in [2.45, 2.75) is 83.3 Å². The van der Waals surface area contributed by atoms with Crippen molar-refractivity contribution in [1.82, 2.24) is 10.2 Å². The summed E-state index contributed by atoms with van der Waals surface area (Å²) in [6.45, 7) is 5.48. The first-order valence-electron chi connectivity index (χ1n) is 13.8. The molecule has 3 rings (SSSR count). The van der Waals surface area contributed by atoms with Gasteiger partial charge in [0.25, 0.3) is 0 Å². The van der Waals surface area contributed by atoms with Crippen molar-refractivity contribution < 1.29 is 43.9 Å². The maximum Gasteiger partial charge on any atom is 0.247 e. The van der Waals surface area contributed by atoms with Crippen LogP contribution in [-0.2, 0) is 25.7 Å². The van der Waals surface area contributed by atoms with E-state index in [1.807, 2.05) is 13.8 Å². The van der Waals surface area contributed by atoms with Gasteiger partial charge in [0.2, 0.25) is 11.8 Å². The highest BCUT2D eigenvalue weighted by atomic mass is 16.5. The molecule has 0 spiro atoms. The van der Waals surface area contributed by atoms with Crippen molar-refractivity contribution in [3.8, 4) is 11.5 Å². The summed E-state index contributed by atoms with van der Waals surface area (Å²) < 4.78 is 17.4. The molecule has 1 aliphatic heterocycles. The monoisotopic (exact) mass is 562 g/mol. The summed E-state index contributed by atoms with van der Waals surface area (Å²) in [7, 11) is 1.46. The first-order valence-corrected chi connectivity index (χ1v) is 13.8. The van der Waals surface area contributed by atoms with Gasteiger partial charge in [-0.1, -0.05) is 0 Å². The Bertz CT molecular complexity index is 1090. The van der Waals surface area contributed by atoms with Crippen molar-refractivity contribution in [3.63, 3.8) is 0 Å². The zero-order chi connectivity index (χ0) is 29.4. The number of fused-ring (bicyclic) bond motifs is 3. The summed E-state index contributed by atoms with van der Waals surface area (Å²) in [5, 5.41) is 33.4. The summed E-state index contributed by atoms with van der Waals surface area (Å²) in [5.74, 6) is -0.702. The van der Waals surface area contributed by atoms with Gasteiger partial charge in [0, 0.05) is 43.7 Å². The van der Waals surface area contributed by atoms with E-state index in [2.05, 4.69) is 5.32 Å². The van der Waals surface area contributed by atoms with Crippen LogP contribution in [0.25, 0.3) is 0 Å². The molecule has 0 saturated carbocycles. The molecule has 1 heterocycles. The smallest absolute Gasteiger partial charge is 0.247 e. The largest absolute Gasteiger partial charge is 0.493 e. The highest BCUT2D eigenvalue weighted by Crippen LogP contribution is 2.51. The predicted octanol–water partition coefficient (Wildman–Crippen LogP) is 1.21. The Morgan fingerprint density at radius 3 is 2.52 bits per heavy atom. The van der Waals surface area contributed by atoms with Crippen LogP contribution in [0.3, 0.4) is 0 Å². The molecule has 1 aromatic rings. The normalized spacial score (nSPS) is 21.2. The van der Waals surface area contributed by atoms with E-state index >= 15 is 0 Å². The molecular weight excluding hydrogens is 520 g/mol. The molecule has 4 atom stereocenters. The van der Waals surface area contributed by atoms with Crippen LogP contribution in [0.15, 0.2) is 23.8 Å². The predicted molar refractivity (Wildman–Crippen MR) is 146 cm³/mol. The number of benzene rings is 1. The molecule has 0 aromatic heterocycles. The molecule has 0 radical (unpaired) electrons. The molecule has 11 heteroatoms. The van der Waals surface area contributed by atoms with Crippen LogP contribution in [0, 0.1) is 0 Å². The highest BCUT2D eigenvalue weighted by Gasteiger charge is 2.51. The lowest BCUT2D eigenvalue weighted by Gasteiger charge is -2.41. The van der Waals surface area contributed by atoms with Crippen LogP contribution in [0.1, 0.15) is 63.5 Å². The minimum Gasteiger partial charge on any atom is -0.493 e. The number of carbonyl (C=O) groups excluding carboxylic acids is 3. The van der Waals surface area contributed by atoms with E-state index in [0.29, 0.717) is 42.1 Å². The maximum atomic E-state index is 13.5. The zero-order valence-electron chi connectivity index (χ0n) is 23.7. The standard InChI is InChI=1S/C29H42N2O9/c1-17(2)39-12-6-10-31(24(35)8-5-7-18(3)34)22-15-21(29(37)30-9-11-32)25-20-13-19(16-33)14-23(38-4)27(20)40-28(25)26(22)36/h13-15,17,22,25-26,28,32-33,36H,5-12,16H2,1-4H3,(H,30,37)/t22-,25+,26+,28+/m1/s1. The molecule has 2 amide bonds. The van der Waals surface area contributed by atoms with Crippen molar-refractivity contribution in [2.75, 3.05) is 33.4 Å². The summed E-state index contributed by atoms with van der Waals surface area (Å²) in [6, 6.07) is 2.46. The Labute approximate surface area is 235 Å². The average molecular weight is 563 g/mol. The first-order chi connectivity index (χ1) is 19.1. The van der Waals surface area contributed by atoms with Gasteiger partial charge < -0.3 is 44.5 Å². The number of aliphatic hydroxyl groups is 3. The number of ketones is 1. The third kappa shape index (κ3) is 7.39. The lowest BCUT2D eigenvalue weighted by Crippen LogP contribution is -2.56. The van der Waals surface area contributed by atoms with E-state index < -0.39 is 30.1 Å². The number of carbonyl (C=O) groups is 3. The van der Waals surface area contributed by atoms with Gasteiger partial charge in [0.15, 0.2) is 11.5 Å². The second-order valence-electron chi connectivity index (χ2n) is 10.4. The lowest BCUT2D eigenvalue weighted by atomic mass is 9.77. The highest BCUT2D eigenvalue weighted by molar-refractivity contribution is 5.96. The minimum atomic E-state index is -1.20. The van der Waals surface area contributed by atoms with Crippen molar-refractivity contribution >= 4 is 17.6 Å². The van der Waals surface area contributed by atoms with Gasteiger partial charge in [0.05, 0.1) is 38.4 Å². The van der Waals surface area contributed by atoms with Gasteiger partial charge in [-0.2, -0.15) is 0 Å². The molecule has 1 aliphatic carbocycles. The van der Waals surface area contributed by atoms with E-state index in [4.69, 9.17) is 14.2 Å². The third-order valence-corrected chi connectivity index (χ3v) is 7.09. The molecule has 0 saturated heterocycles. The number of amides is 2. The van der Waals surface area contributed by atoms with E-state index in [-0.39, 0.29) is 62.5 Å². The summed E-state index contributed by atoms with van der Waals surface area (Å²) >= 11 is 0. The lowest BCUT2D eigenvalue weighted by molar-refractivity contribution is -0.137. The van der Waals surface area contributed by atoms with Gasteiger partial charge in [-0.15, -0.1) is 0 Å². The third-order valence-electron chi connectivity index (χ3n) is 7.09. The second-order valence-corrected chi connectivity index (χ2v) is 10.4. The molecule has 0 unspecified atom stereocenters. The van der Waals surface area contributed by atoms with Crippen LogP contribution in [-0.4, -0.2) is 95.6 Å². The molecule has 222 valence electrons. The van der Waals surface area contributed by atoms with Crippen molar-refractivity contribution in [2.24, 2.45) is 0 Å². The molecule has 0 fully saturated rings. The maximum absolute atomic E-state index is 13.5. The topological polar surface area (TPSA) is 155 Å². The van der Waals surface area contributed by atoms with E-state index in [0.717, 1.165) is 0 Å². The Morgan fingerprint density at radius 1 is 1.15 bits per heavy atom. The molecule has 11 nitrogen and oxygen atoms in total. The number of hydrogen-bond acceptors (Lipinski definition) is 9. The molecule has 4 N–H and O–H groups in total. The van der Waals surface area contributed by atoms with Gasteiger partial charge in [-0.25, -0.2) is 0 Å². The molecule has 2 aliphatic rings. The number of methoxy groups -OCH3 is 1. The number of hydrogen-bond donors (Lipinski definition) is 4. The molecule has 0 bridgehead atoms. The number of nitrogens with one attached hydrogen (secondary N) is 1. The quantitative estimate of drug-likeness (QED) is 0.231. The van der Waals surface area contributed by atoms with Crippen LogP contribution in [0.4, 0.5) is 0 Å². The van der Waals surface area contributed by atoms with Crippen LogP contribution < -0.4 is 14.8 Å². The van der Waals surface area contributed by atoms with E-state index in [1.54, 1.807) is 18.2 Å². The molecular formula is C29H42N2O9. The van der Waals surface area contributed by atoms with Crippen LogP contribution >= 0.6 is 0 Å². The Hall–Kier alpha value is -2.99. The second kappa shape index (κ2) is 14.6. The Balaban J connectivity index is 2.02. The summed E-state index contributed by atoms with van der Waals surface area (Å²) in [5.41, 5.74) is 1.42. The fourth-order valence-corrected chi connectivity index (χ4v) is 5.25. The van der Waals surface area contributed by atoms with Crippen molar-refractivity contribution in [3.05, 3.63) is 34.9 Å². The van der Waals surface area contributed by atoms with Crippen LogP contribution in [0.2, 0.25) is 0 Å². The minimum absolute atomic E-state index is 0.0127. The van der Waals surface area contributed by atoms with Crippen LogP contribution in [0.5, 0.6) is 11.5 Å². The number of aliphatic hydroxyl groups excluding tert-OH is 3. The fraction of sp³-hybridized carbons (Fsp3) is 0.621. The number of Topliss-reactive ketones (excluding diaryl/α,β-unsaturated/α-hetero) is 1. The number of nitrogens with zero attached hydrogens (tertiary/aromatic N) is 1. The van der Waals surface area contributed by atoms with E-state index in [9.17, 15) is 29.7 Å². The summed E-state index contributed by atoms with van der Waals surface area (Å²) in [6.07, 6.45) is 0.758. The fourth-order valence-electron chi connectivity index (χ4n) is 5.25. The van der Waals surface area contributed by atoms with E-state index in [1.165, 1.54) is 18.9 Å². The Kier molecular flexibility index (Phi) is 11.5.